The van der Waals surface area contributed by atoms with Gasteiger partial charge >= 0.3 is 0 Å². The first-order valence-corrected chi connectivity index (χ1v) is 6.50. The van der Waals surface area contributed by atoms with Crippen molar-refractivity contribution in [3.05, 3.63) is 24.8 Å². The van der Waals surface area contributed by atoms with Crippen molar-refractivity contribution in [1.82, 2.24) is 4.90 Å². The van der Waals surface area contributed by atoms with Crippen LogP contribution in [-0.2, 0) is 14.3 Å². The number of nitrogens with two attached hydrogens (primary N) is 1. The quantitative estimate of drug-likeness (QED) is 0.526. The van der Waals surface area contributed by atoms with Crippen molar-refractivity contribution < 1.29 is 14.3 Å². The zero-order valence-electron chi connectivity index (χ0n) is 11.3. The molecule has 106 valence electrons. The van der Waals surface area contributed by atoms with E-state index in [4.69, 9.17) is 10.5 Å². The Hall–Kier alpha value is -1.62. The molecule has 5 nitrogen and oxygen atoms in total. The van der Waals surface area contributed by atoms with E-state index < -0.39 is 11.9 Å². The third kappa shape index (κ3) is 4.87. The molecule has 1 heterocycles. The van der Waals surface area contributed by atoms with Gasteiger partial charge in [-0.3, -0.25) is 9.59 Å². The van der Waals surface area contributed by atoms with Crippen molar-refractivity contribution >= 4 is 11.8 Å². The van der Waals surface area contributed by atoms with Crippen molar-refractivity contribution in [2.45, 2.75) is 31.7 Å². The van der Waals surface area contributed by atoms with Gasteiger partial charge in [-0.1, -0.05) is 18.2 Å². The molecule has 0 aromatic rings. The number of likely N-dealkylation sites (tertiary alicyclic amines) is 1. The molecule has 1 rings (SSSR count). The second-order valence-electron chi connectivity index (χ2n) is 4.69. The van der Waals surface area contributed by atoms with Gasteiger partial charge in [0, 0.05) is 26.2 Å². The molecule has 19 heavy (non-hydrogen) atoms. The van der Waals surface area contributed by atoms with Crippen molar-refractivity contribution in [1.29, 1.82) is 0 Å². The highest BCUT2D eigenvalue weighted by molar-refractivity contribution is 5.88. The lowest BCUT2D eigenvalue weighted by atomic mass is 10.1. The number of carbonyl (C=O) groups is 2. The lowest BCUT2D eigenvalue weighted by Crippen LogP contribution is -2.43. The molecule has 2 amide bonds. The molecule has 0 spiro atoms. The van der Waals surface area contributed by atoms with Crippen molar-refractivity contribution in [2.24, 2.45) is 5.73 Å². The summed E-state index contributed by atoms with van der Waals surface area (Å²) >= 11 is 0. The van der Waals surface area contributed by atoms with Crippen molar-refractivity contribution in [3.8, 4) is 0 Å². The van der Waals surface area contributed by atoms with E-state index in [1.54, 1.807) is 6.08 Å². The first-order valence-electron chi connectivity index (χ1n) is 6.50. The highest BCUT2D eigenvalue weighted by Gasteiger charge is 2.34. The van der Waals surface area contributed by atoms with E-state index in [2.05, 4.69) is 13.2 Å². The van der Waals surface area contributed by atoms with Gasteiger partial charge in [-0.25, -0.2) is 0 Å². The molecule has 0 saturated carbocycles. The van der Waals surface area contributed by atoms with Gasteiger partial charge in [0.15, 0.2) is 0 Å². The molecule has 1 fully saturated rings. The maximum Gasteiger partial charge on any atom is 0.240 e. The van der Waals surface area contributed by atoms with Crippen molar-refractivity contribution in [2.75, 3.05) is 19.8 Å². The Balaban J connectivity index is 2.30. The summed E-state index contributed by atoms with van der Waals surface area (Å²) in [6.07, 6.45) is 4.09. The lowest BCUT2D eigenvalue weighted by Gasteiger charge is -2.21. The van der Waals surface area contributed by atoms with Crippen LogP contribution in [0.3, 0.4) is 0 Å². The van der Waals surface area contributed by atoms with Crippen LogP contribution in [0.25, 0.3) is 0 Å². The van der Waals surface area contributed by atoms with E-state index in [1.807, 2.05) is 0 Å². The molecular weight excluding hydrogens is 244 g/mol. The van der Waals surface area contributed by atoms with Crippen LogP contribution in [0.5, 0.6) is 0 Å². The molecular formula is C14H22N2O3. The fourth-order valence-electron chi connectivity index (χ4n) is 2.05. The van der Waals surface area contributed by atoms with Crippen LogP contribution < -0.4 is 5.73 Å². The predicted octanol–water partition coefficient (Wildman–Crippen LogP) is 1.00. The molecule has 5 heteroatoms. The van der Waals surface area contributed by atoms with Crippen LogP contribution in [0.4, 0.5) is 0 Å². The van der Waals surface area contributed by atoms with Crippen molar-refractivity contribution in [3.63, 3.8) is 0 Å². The second-order valence-corrected chi connectivity index (χ2v) is 4.69. The molecule has 0 aromatic heterocycles. The highest BCUT2D eigenvalue weighted by atomic mass is 16.5. The minimum atomic E-state index is -0.526. The minimum absolute atomic E-state index is 0.0604. The summed E-state index contributed by atoms with van der Waals surface area (Å²) in [6.45, 7) is 9.01. The molecule has 1 saturated heterocycles. The van der Waals surface area contributed by atoms with Gasteiger partial charge < -0.3 is 15.4 Å². The Morgan fingerprint density at radius 3 is 2.84 bits per heavy atom. The summed E-state index contributed by atoms with van der Waals surface area (Å²) in [6, 6.07) is -0.526. The lowest BCUT2D eigenvalue weighted by molar-refractivity contribution is -0.137. The fourth-order valence-corrected chi connectivity index (χ4v) is 2.05. The van der Waals surface area contributed by atoms with Crippen LogP contribution in [0, 0.1) is 0 Å². The first-order chi connectivity index (χ1) is 9.06. The predicted molar refractivity (Wildman–Crippen MR) is 73.3 cm³/mol. The van der Waals surface area contributed by atoms with E-state index in [-0.39, 0.29) is 5.91 Å². The Morgan fingerprint density at radius 2 is 2.21 bits per heavy atom. The normalized spacial score (nSPS) is 18.6. The third-order valence-corrected chi connectivity index (χ3v) is 3.05. The summed E-state index contributed by atoms with van der Waals surface area (Å²) < 4.78 is 5.33. The Morgan fingerprint density at radius 1 is 1.47 bits per heavy atom. The van der Waals surface area contributed by atoms with Gasteiger partial charge in [-0.2, -0.15) is 0 Å². The molecule has 0 radical (unpaired) electrons. The number of carbonyl (C=O) groups excluding carboxylic acids is 2. The average molecular weight is 266 g/mol. The molecule has 1 atom stereocenters. The Kier molecular flexibility index (Phi) is 6.29. The average Bonchev–Trinajstić information content (AvgIpc) is 2.76. The zero-order chi connectivity index (χ0) is 14.3. The van der Waals surface area contributed by atoms with E-state index in [9.17, 15) is 9.59 Å². The van der Waals surface area contributed by atoms with Crippen LogP contribution >= 0.6 is 0 Å². The SMILES string of the molecule is C=CCCOCCCC(=O)N1CC(=C)C[C@H]1C(N)=O. The van der Waals surface area contributed by atoms with Gasteiger partial charge in [0.25, 0.3) is 0 Å². The number of amides is 2. The van der Waals surface area contributed by atoms with E-state index in [0.29, 0.717) is 39.0 Å². The number of nitrogens with zero attached hydrogens (tertiary/aromatic N) is 1. The third-order valence-electron chi connectivity index (χ3n) is 3.05. The van der Waals surface area contributed by atoms with E-state index >= 15 is 0 Å². The summed E-state index contributed by atoms with van der Waals surface area (Å²) in [5.41, 5.74) is 6.16. The maximum atomic E-state index is 12.0. The molecule has 0 bridgehead atoms. The van der Waals surface area contributed by atoms with Crippen LogP contribution in [0.2, 0.25) is 0 Å². The summed E-state index contributed by atoms with van der Waals surface area (Å²) in [4.78, 5) is 24.8. The second kappa shape index (κ2) is 7.74. The number of hydrogen-bond acceptors (Lipinski definition) is 3. The monoisotopic (exact) mass is 266 g/mol. The van der Waals surface area contributed by atoms with E-state index in [0.717, 1.165) is 12.0 Å². The van der Waals surface area contributed by atoms with Gasteiger partial charge in [-0.05, 0) is 19.3 Å². The highest BCUT2D eigenvalue weighted by Crippen LogP contribution is 2.22. The molecule has 0 aliphatic carbocycles. The number of ether oxygens (including phenoxy) is 1. The van der Waals surface area contributed by atoms with Gasteiger partial charge in [0.2, 0.25) is 11.8 Å². The Bertz CT molecular complexity index is 366. The maximum absolute atomic E-state index is 12.0. The molecule has 1 aliphatic rings. The number of hydrogen-bond donors (Lipinski definition) is 1. The topological polar surface area (TPSA) is 72.6 Å². The van der Waals surface area contributed by atoms with E-state index in [1.165, 1.54) is 4.90 Å². The zero-order valence-corrected chi connectivity index (χ0v) is 11.3. The first kappa shape index (κ1) is 15.4. The molecule has 2 N–H and O–H groups in total. The molecule has 0 unspecified atom stereocenters. The van der Waals surface area contributed by atoms with Gasteiger partial charge in [-0.15, -0.1) is 6.58 Å². The molecule has 1 aliphatic heterocycles. The van der Waals surface area contributed by atoms with Gasteiger partial charge in [0.05, 0.1) is 0 Å². The number of rotatable bonds is 8. The fraction of sp³-hybridized carbons (Fsp3) is 0.571. The minimum Gasteiger partial charge on any atom is -0.381 e. The van der Waals surface area contributed by atoms with Crippen LogP contribution in [-0.4, -0.2) is 42.5 Å². The van der Waals surface area contributed by atoms with Gasteiger partial charge in [0.1, 0.15) is 6.04 Å². The molecule has 0 aromatic carbocycles. The largest absolute Gasteiger partial charge is 0.381 e. The Labute approximate surface area is 114 Å². The standard InChI is InChI=1S/C14H22N2O3/c1-3-4-7-19-8-5-6-13(17)16-10-11(2)9-12(16)14(15)18/h3,12H,1-2,4-10H2,(H2,15,18)/t12-/m0/s1. The smallest absolute Gasteiger partial charge is 0.240 e. The van der Waals surface area contributed by atoms with Crippen LogP contribution in [0.1, 0.15) is 25.7 Å². The van der Waals surface area contributed by atoms with Crippen LogP contribution in [0.15, 0.2) is 24.8 Å². The summed E-state index contributed by atoms with van der Waals surface area (Å²) in [7, 11) is 0. The number of primary amides is 1. The summed E-state index contributed by atoms with van der Waals surface area (Å²) in [5.74, 6) is -0.524. The summed E-state index contributed by atoms with van der Waals surface area (Å²) in [5, 5.41) is 0.